The van der Waals surface area contributed by atoms with Crippen molar-refractivity contribution in [2.75, 3.05) is 5.73 Å². The summed E-state index contributed by atoms with van der Waals surface area (Å²) in [4.78, 5) is 11.2. The van der Waals surface area contributed by atoms with Gasteiger partial charge >= 0.3 is 5.97 Å². The molecular formula is C15H14FNO3. The van der Waals surface area contributed by atoms with Crippen molar-refractivity contribution >= 4 is 11.7 Å². The number of carbonyl (C=O) groups is 1. The van der Waals surface area contributed by atoms with Crippen molar-refractivity contribution in [2.45, 2.75) is 13.8 Å². The van der Waals surface area contributed by atoms with E-state index >= 15 is 0 Å². The number of aromatic carboxylic acids is 1. The van der Waals surface area contributed by atoms with Crippen molar-refractivity contribution in [1.82, 2.24) is 0 Å². The van der Waals surface area contributed by atoms with Crippen LogP contribution in [-0.4, -0.2) is 11.1 Å². The van der Waals surface area contributed by atoms with Gasteiger partial charge in [-0.15, -0.1) is 0 Å². The van der Waals surface area contributed by atoms with Crippen molar-refractivity contribution in [3.05, 3.63) is 52.8 Å². The van der Waals surface area contributed by atoms with Gasteiger partial charge in [-0.1, -0.05) is 17.7 Å². The van der Waals surface area contributed by atoms with Crippen LogP contribution in [0.5, 0.6) is 11.5 Å². The third kappa shape index (κ3) is 2.56. The number of aryl methyl sites for hydroxylation is 2. The maximum Gasteiger partial charge on any atom is 0.341 e. The zero-order chi connectivity index (χ0) is 14.9. The van der Waals surface area contributed by atoms with E-state index in [9.17, 15) is 9.18 Å². The smallest absolute Gasteiger partial charge is 0.341 e. The van der Waals surface area contributed by atoms with Gasteiger partial charge < -0.3 is 15.6 Å². The number of carboxylic acids is 1. The number of halogens is 1. The maximum atomic E-state index is 13.3. The summed E-state index contributed by atoms with van der Waals surface area (Å²) in [6, 6.07) is 7.82. The molecule has 0 amide bonds. The second kappa shape index (κ2) is 5.21. The lowest BCUT2D eigenvalue weighted by molar-refractivity contribution is 0.0695. The Morgan fingerprint density at radius 2 is 1.85 bits per heavy atom. The minimum Gasteiger partial charge on any atom is -0.477 e. The quantitative estimate of drug-likeness (QED) is 0.841. The van der Waals surface area contributed by atoms with E-state index in [-0.39, 0.29) is 11.3 Å². The third-order valence-corrected chi connectivity index (χ3v) is 2.92. The van der Waals surface area contributed by atoms with Crippen LogP contribution in [0.25, 0.3) is 0 Å². The molecule has 2 rings (SSSR count). The molecular weight excluding hydrogens is 261 g/mol. The predicted octanol–water partition coefficient (Wildman–Crippen LogP) is 3.52. The minimum absolute atomic E-state index is 0.0170. The largest absolute Gasteiger partial charge is 0.477 e. The number of ether oxygens (including phenoxy) is 1. The van der Waals surface area contributed by atoms with Gasteiger partial charge in [-0.25, -0.2) is 9.18 Å². The number of hydrogen-bond donors (Lipinski definition) is 2. The number of anilines is 1. The molecule has 2 aromatic carbocycles. The molecule has 0 unspecified atom stereocenters. The number of carboxylic acid groups (broad SMARTS) is 1. The van der Waals surface area contributed by atoms with Gasteiger partial charge in [-0.05, 0) is 37.6 Å². The van der Waals surface area contributed by atoms with E-state index in [0.29, 0.717) is 5.75 Å². The first-order valence-electron chi connectivity index (χ1n) is 5.96. The SMILES string of the molecule is Cc1ccc(Oc2ccc(F)c(N)c2C(=O)O)c(C)c1. The fourth-order valence-corrected chi connectivity index (χ4v) is 1.91. The van der Waals surface area contributed by atoms with Gasteiger partial charge in [0.1, 0.15) is 22.9 Å². The molecule has 3 N–H and O–H groups in total. The highest BCUT2D eigenvalue weighted by Crippen LogP contribution is 2.32. The van der Waals surface area contributed by atoms with Crippen LogP contribution in [0.2, 0.25) is 0 Å². The van der Waals surface area contributed by atoms with Crippen LogP contribution in [-0.2, 0) is 0 Å². The molecule has 104 valence electrons. The van der Waals surface area contributed by atoms with Gasteiger partial charge in [0.15, 0.2) is 0 Å². The Kier molecular flexibility index (Phi) is 3.61. The molecule has 0 spiro atoms. The van der Waals surface area contributed by atoms with Gasteiger partial charge in [-0.3, -0.25) is 0 Å². The zero-order valence-electron chi connectivity index (χ0n) is 11.1. The summed E-state index contributed by atoms with van der Waals surface area (Å²) < 4.78 is 18.9. The van der Waals surface area contributed by atoms with Crippen molar-refractivity contribution in [2.24, 2.45) is 0 Å². The van der Waals surface area contributed by atoms with Crippen LogP contribution >= 0.6 is 0 Å². The average molecular weight is 275 g/mol. The monoisotopic (exact) mass is 275 g/mol. The number of rotatable bonds is 3. The van der Waals surface area contributed by atoms with E-state index in [1.165, 1.54) is 6.07 Å². The summed E-state index contributed by atoms with van der Waals surface area (Å²) in [5.74, 6) is -1.59. The lowest BCUT2D eigenvalue weighted by atomic mass is 10.1. The summed E-state index contributed by atoms with van der Waals surface area (Å²) in [6.07, 6.45) is 0. The highest BCUT2D eigenvalue weighted by Gasteiger charge is 2.19. The molecule has 0 radical (unpaired) electrons. The molecule has 0 aliphatic rings. The highest BCUT2D eigenvalue weighted by atomic mass is 19.1. The summed E-state index contributed by atoms with van der Waals surface area (Å²) in [5.41, 5.74) is 6.58. The van der Waals surface area contributed by atoms with Gasteiger partial charge in [0, 0.05) is 0 Å². The molecule has 0 aromatic heterocycles. The topological polar surface area (TPSA) is 72.5 Å². The molecule has 0 saturated heterocycles. The van der Waals surface area contributed by atoms with E-state index in [1.54, 1.807) is 6.07 Å². The summed E-state index contributed by atoms with van der Waals surface area (Å²) in [6.45, 7) is 3.78. The molecule has 0 bridgehead atoms. The lowest BCUT2D eigenvalue weighted by Gasteiger charge is -2.13. The normalized spacial score (nSPS) is 10.3. The summed E-state index contributed by atoms with van der Waals surface area (Å²) >= 11 is 0. The fourth-order valence-electron chi connectivity index (χ4n) is 1.91. The Labute approximate surface area is 115 Å². The minimum atomic E-state index is -1.33. The molecule has 2 aromatic rings. The summed E-state index contributed by atoms with van der Waals surface area (Å²) in [5, 5.41) is 9.14. The van der Waals surface area contributed by atoms with Crippen molar-refractivity contribution in [3.8, 4) is 11.5 Å². The number of benzene rings is 2. The van der Waals surface area contributed by atoms with E-state index in [2.05, 4.69) is 0 Å². The van der Waals surface area contributed by atoms with Gasteiger partial charge in [0.05, 0.1) is 5.69 Å². The molecule has 20 heavy (non-hydrogen) atoms. The number of nitrogen functional groups attached to an aromatic ring is 1. The standard InChI is InChI=1S/C15H14FNO3/c1-8-3-5-11(9(2)7-8)20-12-6-4-10(16)14(17)13(12)15(18)19/h3-7H,17H2,1-2H3,(H,18,19). The van der Waals surface area contributed by atoms with Gasteiger partial charge in [0.25, 0.3) is 0 Å². The van der Waals surface area contributed by atoms with Crippen molar-refractivity contribution in [3.63, 3.8) is 0 Å². The second-order valence-electron chi connectivity index (χ2n) is 4.51. The Morgan fingerprint density at radius 3 is 2.45 bits per heavy atom. The molecule has 0 aliphatic carbocycles. The molecule has 0 fully saturated rings. The van der Waals surface area contributed by atoms with Crippen LogP contribution in [0, 0.1) is 19.7 Å². The first-order valence-corrected chi connectivity index (χ1v) is 5.96. The summed E-state index contributed by atoms with van der Waals surface area (Å²) in [7, 11) is 0. The number of nitrogens with two attached hydrogens (primary N) is 1. The lowest BCUT2D eigenvalue weighted by Crippen LogP contribution is -2.07. The Balaban J connectivity index is 2.48. The average Bonchev–Trinajstić information content (AvgIpc) is 2.36. The van der Waals surface area contributed by atoms with E-state index in [0.717, 1.165) is 17.2 Å². The van der Waals surface area contributed by atoms with E-state index in [4.69, 9.17) is 15.6 Å². The van der Waals surface area contributed by atoms with Crippen LogP contribution in [0.4, 0.5) is 10.1 Å². The first-order chi connectivity index (χ1) is 9.40. The van der Waals surface area contributed by atoms with Crippen molar-refractivity contribution in [1.29, 1.82) is 0 Å². The van der Waals surface area contributed by atoms with Crippen molar-refractivity contribution < 1.29 is 19.0 Å². The molecule has 0 atom stereocenters. The Morgan fingerprint density at radius 1 is 1.20 bits per heavy atom. The number of hydrogen-bond acceptors (Lipinski definition) is 3. The molecule has 0 heterocycles. The predicted molar refractivity (Wildman–Crippen MR) is 73.8 cm³/mol. The maximum absolute atomic E-state index is 13.3. The fraction of sp³-hybridized carbons (Fsp3) is 0.133. The van der Waals surface area contributed by atoms with E-state index < -0.39 is 17.5 Å². The van der Waals surface area contributed by atoms with Crippen LogP contribution < -0.4 is 10.5 Å². The first kappa shape index (κ1) is 13.9. The molecule has 0 aliphatic heterocycles. The zero-order valence-corrected chi connectivity index (χ0v) is 11.1. The Bertz CT molecular complexity index is 683. The second-order valence-corrected chi connectivity index (χ2v) is 4.51. The molecule has 5 heteroatoms. The van der Waals surface area contributed by atoms with Crippen LogP contribution in [0.3, 0.4) is 0 Å². The van der Waals surface area contributed by atoms with Crippen LogP contribution in [0.1, 0.15) is 21.5 Å². The van der Waals surface area contributed by atoms with Gasteiger partial charge in [-0.2, -0.15) is 0 Å². The molecule has 0 saturated carbocycles. The Hall–Kier alpha value is -2.56. The third-order valence-electron chi connectivity index (χ3n) is 2.92. The van der Waals surface area contributed by atoms with E-state index in [1.807, 2.05) is 26.0 Å². The highest BCUT2D eigenvalue weighted by molar-refractivity contribution is 5.97. The molecule has 4 nitrogen and oxygen atoms in total. The van der Waals surface area contributed by atoms with Crippen LogP contribution in [0.15, 0.2) is 30.3 Å². The van der Waals surface area contributed by atoms with Gasteiger partial charge in [0.2, 0.25) is 0 Å².